The van der Waals surface area contributed by atoms with E-state index in [1.165, 1.54) is 27.9 Å². The van der Waals surface area contributed by atoms with Crippen LogP contribution in [0.25, 0.3) is 0 Å². The number of Topliss-reactive ketones (excluding diaryl/α,β-unsaturated/α-hetero) is 1. The normalized spacial score (nSPS) is 23.6. The summed E-state index contributed by atoms with van der Waals surface area (Å²) in [5.74, 6) is -3.56. The third-order valence-electron chi connectivity index (χ3n) is 19.4. The van der Waals surface area contributed by atoms with Gasteiger partial charge < -0.3 is 146 Å². The minimum absolute atomic E-state index is 0.0790. The molecule has 0 bridgehead atoms. The average molecular weight is 1680 g/mol. The van der Waals surface area contributed by atoms with Crippen LogP contribution in [0, 0.1) is 0 Å². The molecule has 0 aromatic heterocycles. The van der Waals surface area contributed by atoms with Gasteiger partial charge in [-0.3, -0.25) is 52.7 Å². The van der Waals surface area contributed by atoms with Crippen molar-refractivity contribution in [2.24, 2.45) is 0 Å². The number of hydrogen-bond donors (Lipinski definition) is 19. The van der Waals surface area contributed by atoms with E-state index in [4.69, 9.17) is 47.4 Å². The van der Waals surface area contributed by atoms with Crippen LogP contribution in [0.15, 0.2) is 0 Å². The standard InChI is InChI=1S/C77H138N10O30/c1-51(91)84-65-71(105)68(102)55(44-88)115-74(65)112-38-18-15-25-58(95)78-32-21-35-81-61(98)29-41-109-48-77(87-64(101)28-14-12-10-8-6-5-7-9-11-13-24-54(94)47-108-4,49-110-42-30-62(99)82-36-22-33-79-59(96)26-16-19-39-113-75-66(85-52(2)92)72(106)69(103)56(45-89)116-75)50-111-43-31-63(100)83-37-23-34-80-60(97)27-17-20-40-114-76-67(86-53(3)93)73(107)70(104)57(46-90)117-76/h55-57,65-76,88-90,102-107H,5-50H2,1-4H3,(H,78,95)(H,79,96)(H,80,97)(H,81,98)(H,82,99)(H,83,100)(H,84,91)(H,85,92)(H,86,93)(H,87,101)/t55?,56?,57?,65?,66?,67?,68-,69-,70-,71+,72+,73+,74+,75+,76+,77?/m0/s1. The Bertz CT molecular complexity index is 2600. The van der Waals surface area contributed by atoms with Gasteiger partial charge in [0.15, 0.2) is 24.7 Å². The minimum atomic E-state index is -1.46. The molecule has 3 fully saturated rings. The van der Waals surface area contributed by atoms with Crippen molar-refractivity contribution in [3.8, 4) is 0 Å². The van der Waals surface area contributed by atoms with Gasteiger partial charge in [-0.1, -0.05) is 51.4 Å². The molecule has 40 heteroatoms. The third-order valence-corrected chi connectivity index (χ3v) is 19.4. The highest BCUT2D eigenvalue weighted by Crippen LogP contribution is 2.26. The summed E-state index contributed by atoms with van der Waals surface area (Å²) >= 11 is 0. The number of unbranched alkanes of at least 4 members (excludes halogenated alkanes) is 12. The molecule has 3 rings (SSSR count). The predicted molar refractivity (Wildman–Crippen MR) is 417 cm³/mol. The number of ketones is 1. The van der Waals surface area contributed by atoms with Gasteiger partial charge in [0, 0.05) is 138 Å². The first-order valence-corrected chi connectivity index (χ1v) is 41.4. The number of carbonyl (C=O) groups is 11. The number of carbonyl (C=O) groups excluding carboxylic acids is 11. The number of ether oxygens (including phenoxy) is 10. The summed E-state index contributed by atoms with van der Waals surface area (Å²) in [5.41, 5.74) is -1.41. The largest absolute Gasteiger partial charge is 0.394 e. The molecule has 40 nitrogen and oxygen atoms in total. The zero-order chi connectivity index (χ0) is 86.2. The Balaban J connectivity index is 1.57. The molecule has 117 heavy (non-hydrogen) atoms. The Labute approximate surface area is 685 Å². The Morgan fingerprint density at radius 3 is 0.846 bits per heavy atom. The third kappa shape index (κ3) is 45.7. The number of nitrogens with one attached hydrogen (secondary N) is 10. The van der Waals surface area contributed by atoms with Crippen molar-refractivity contribution in [2.75, 3.05) is 132 Å². The fourth-order valence-electron chi connectivity index (χ4n) is 12.9. The van der Waals surface area contributed by atoms with E-state index in [1.807, 2.05) is 0 Å². The van der Waals surface area contributed by atoms with Crippen LogP contribution in [0.5, 0.6) is 0 Å². The van der Waals surface area contributed by atoms with Crippen LogP contribution in [-0.2, 0) is 100 Å². The molecule has 3 aliphatic heterocycles. The van der Waals surface area contributed by atoms with Crippen molar-refractivity contribution >= 4 is 64.9 Å². The van der Waals surface area contributed by atoms with Gasteiger partial charge in [0.2, 0.25) is 59.1 Å². The topological polar surface area (TPSA) is 582 Å². The first-order valence-electron chi connectivity index (χ1n) is 41.4. The van der Waals surface area contributed by atoms with E-state index in [2.05, 4.69) is 53.2 Å². The lowest BCUT2D eigenvalue weighted by Crippen LogP contribution is -2.64. The summed E-state index contributed by atoms with van der Waals surface area (Å²) in [7, 11) is 1.51. The molecule has 676 valence electrons. The fourth-order valence-corrected chi connectivity index (χ4v) is 12.9. The van der Waals surface area contributed by atoms with E-state index in [9.17, 15) is 98.7 Å². The molecule has 10 amide bonds. The van der Waals surface area contributed by atoms with Crippen molar-refractivity contribution in [3.05, 3.63) is 0 Å². The van der Waals surface area contributed by atoms with Crippen molar-refractivity contribution in [3.63, 3.8) is 0 Å². The summed E-state index contributed by atoms with van der Waals surface area (Å²) in [6, 6.07) is -3.28. The highest BCUT2D eigenvalue weighted by molar-refractivity contribution is 5.80. The second-order valence-corrected chi connectivity index (χ2v) is 29.7. The SMILES string of the molecule is COCC(=O)CCCCCCCCCCCCC(=O)NC(COCCC(=O)NCCCNC(=O)CCCCO[C@@H]1OC(CO)[C@H](O)[C@H](O)C1NC(C)=O)(COCCC(=O)NCCCNC(=O)CCCCO[C@@H]1OC(CO)[C@H](O)[C@H](O)C1NC(C)=O)COCCC(=O)NCCCNC(=O)CCCCO[C@@H]1OC(CO)[C@H](O)[C@H](O)C1NC(C)=O. The van der Waals surface area contributed by atoms with Crippen LogP contribution in [0.1, 0.15) is 194 Å². The van der Waals surface area contributed by atoms with Crippen molar-refractivity contribution < 1.29 is 146 Å². The molecular weight excluding hydrogens is 1540 g/mol. The maximum Gasteiger partial charge on any atom is 0.222 e. The zero-order valence-electron chi connectivity index (χ0n) is 68.8. The van der Waals surface area contributed by atoms with Gasteiger partial charge in [-0.15, -0.1) is 0 Å². The molecule has 0 aliphatic carbocycles. The molecule has 3 saturated heterocycles. The summed E-state index contributed by atoms with van der Waals surface area (Å²) in [4.78, 5) is 138. The molecule has 0 spiro atoms. The number of rotatable bonds is 67. The first-order chi connectivity index (χ1) is 56.2. The molecule has 0 aromatic carbocycles. The number of aliphatic hydroxyl groups excluding tert-OH is 9. The molecule has 0 saturated carbocycles. The Hall–Kier alpha value is -6.39. The van der Waals surface area contributed by atoms with Crippen molar-refractivity contribution in [2.45, 2.75) is 292 Å². The number of hydrogen-bond acceptors (Lipinski definition) is 30. The van der Waals surface area contributed by atoms with Gasteiger partial charge in [0.25, 0.3) is 0 Å². The molecule has 3 heterocycles. The van der Waals surface area contributed by atoms with Crippen LogP contribution in [0.2, 0.25) is 0 Å². The average Bonchev–Trinajstić information content (AvgIpc) is 0.827. The van der Waals surface area contributed by atoms with Crippen molar-refractivity contribution in [1.29, 1.82) is 0 Å². The molecule has 19 N–H and O–H groups in total. The fraction of sp³-hybridized carbons (Fsp3) is 0.857. The monoisotopic (exact) mass is 1680 g/mol. The first kappa shape index (κ1) is 105. The Morgan fingerprint density at radius 1 is 0.316 bits per heavy atom. The van der Waals surface area contributed by atoms with E-state index in [0.717, 1.165) is 57.8 Å². The highest BCUT2D eigenvalue weighted by atomic mass is 16.7. The van der Waals surface area contributed by atoms with Crippen molar-refractivity contribution in [1.82, 2.24) is 53.2 Å². The number of amides is 10. The minimum Gasteiger partial charge on any atom is -0.394 e. The van der Waals surface area contributed by atoms with Gasteiger partial charge in [-0.05, 0) is 70.6 Å². The van der Waals surface area contributed by atoms with Gasteiger partial charge in [-0.25, -0.2) is 0 Å². The second-order valence-electron chi connectivity index (χ2n) is 29.7. The van der Waals surface area contributed by atoms with Gasteiger partial charge in [0.05, 0.1) is 59.5 Å². The molecular formula is C77H138N10O30. The lowest BCUT2D eigenvalue weighted by molar-refractivity contribution is -0.270. The lowest BCUT2D eigenvalue weighted by atomic mass is 9.97. The molecule has 0 aromatic rings. The zero-order valence-corrected chi connectivity index (χ0v) is 68.8. The van der Waals surface area contributed by atoms with Crippen LogP contribution in [-0.4, -0.2) is 341 Å². The summed E-state index contributed by atoms with van der Waals surface area (Å²) < 4.78 is 57.1. The predicted octanol–water partition coefficient (Wildman–Crippen LogP) is -3.78. The lowest BCUT2D eigenvalue weighted by Gasteiger charge is -2.42. The Kier molecular flexibility index (Phi) is 56.2. The molecule has 6 unspecified atom stereocenters. The van der Waals surface area contributed by atoms with Gasteiger partial charge >= 0.3 is 0 Å². The van der Waals surface area contributed by atoms with E-state index in [0.29, 0.717) is 70.6 Å². The maximum absolute atomic E-state index is 14.0. The van der Waals surface area contributed by atoms with Gasteiger partial charge in [0.1, 0.15) is 85.2 Å². The van der Waals surface area contributed by atoms with Crippen LogP contribution in [0.3, 0.4) is 0 Å². The highest BCUT2D eigenvalue weighted by Gasteiger charge is 2.48. The van der Waals surface area contributed by atoms with Crippen LogP contribution in [0.4, 0.5) is 0 Å². The molecule has 3 aliphatic rings. The number of methoxy groups -OCH3 is 1. The van der Waals surface area contributed by atoms with E-state index < -0.39 is 135 Å². The van der Waals surface area contributed by atoms with Crippen LogP contribution >= 0.6 is 0 Å². The summed E-state index contributed by atoms with van der Waals surface area (Å²) in [5, 5.41) is 118. The molecule has 0 radical (unpaired) electrons. The summed E-state index contributed by atoms with van der Waals surface area (Å²) in [6.45, 7) is 2.62. The Morgan fingerprint density at radius 2 is 0.573 bits per heavy atom. The smallest absolute Gasteiger partial charge is 0.222 e. The van der Waals surface area contributed by atoms with E-state index >= 15 is 0 Å². The van der Waals surface area contributed by atoms with E-state index in [1.54, 1.807) is 0 Å². The van der Waals surface area contributed by atoms with Crippen LogP contribution < -0.4 is 53.2 Å². The maximum atomic E-state index is 14.0. The quantitative estimate of drug-likeness (QED) is 0.0260. The summed E-state index contributed by atoms with van der Waals surface area (Å²) in [6.07, 6.45) is -2.03. The van der Waals surface area contributed by atoms with E-state index in [-0.39, 0.29) is 197 Å². The molecule has 15 atom stereocenters. The number of aliphatic hydroxyl groups is 9. The van der Waals surface area contributed by atoms with Gasteiger partial charge in [-0.2, -0.15) is 0 Å². The second kappa shape index (κ2) is 62.7.